The number of halogens is 4. The van der Waals surface area contributed by atoms with Gasteiger partial charge in [-0.25, -0.2) is 0 Å². The molecular formula is C33H28ClF3N2O2. The highest BCUT2D eigenvalue weighted by atomic mass is 35.5. The van der Waals surface area contributed by atoms with E-state index in [1.807, 2.05) is 78.7 Å². The Morgan fingerprint density at radius 2 is 1.51 bits per heavy atom. The number of benzodiazepines with no additional fused rings is 1. The van der Waals surface area contributed by atoms with Gasteiger partial charge in [-0.15, -0.1) is 0 Å². The van der Waals surface area contributed by atoms with Crippen LogP contribution in [0.25, 0.3) is 0 Å². The number of fused-ring (bicyclic) bond motifs is 1. The first-order valence-corrected chi connectivity index (χ1v) is 13.3. The maximum absolute atomic E-state index is 13.1. The molecule has 1 atom stereocenters. The van der Waals surface area contributed by atoms with Crippen molar-refractivity contribution in [2.24, 2.45) is 4.99 Å². The summed E-state index contributed by atoms with van der Waals surface area (Å²) in [5, 5.41) is 0.566. The lowest BCUT2D eigenvalue weighted by molar-refractivity contribution is -0.137. The Balaban J connectivity index is 1.44. The highest BCUT2D eigenvalue weighted by molar-refractivity contribution is 6.31. The van der Waals surface area contributed by atoms with Crippen molar-refractivity contribution in [1.82, 2.24) is 0 Å². The molecule has 0 aliphatic carbocycles. The minimum Gasteiger partial charge on any atom is -0.497 e. The van der Waals surface area contributed by atoms with E-state index in [0.717, 1.165) is 51.5 Å². The minimum absolute atomic E-state index is 0.385. The Bertz CT molecular complexity index is 1560. The van der Waals surface area contributed by atoms with Gasteiger partial charge in [0.05, 0.1) is 30.1 Å². The number of anilines is 1. The van der Waals surface area contributed by atoms with Crippen LogP contribution in [0.4, 0.5) is 18.9 Å². The van der Waals surface area contributed by atoms with Crippen molar-refractivity contribution in [3.63, 3.8) is 0 Å². The normalized spacial score (nSPS) is 15.2. The topological polar surface area (TPSA) is 34.1 Å². The number of hydrogen-bond acceptors (Lipinski definition) is 4. The Labute approximate surface area is 242 Å². The molecule has 0 N–H and O–H groups in total. The lowest BCUT2D eigenvalue weighted by Crippen LogP contribution is -2.25. The van der Waals surface area contributed by atoms with E-state index in [1.54, 1.807) is 7.11 Å². The predicted molar refractivity (Wildman–Crippen MR) is 157 cm³/mol. The molecule has 0 saturated heterocycles. The number of likely N-dealkylation sites (N-methyl/N-ethyl adjacent to an activating group) is 1. The molecule has 1 aliphatic rings. The fourth-order valence-electron chi connectivity index (χ4n) is 4.71. The molecule has 0 aromatic heterocycles. The zero-order valence-corrected chi connectivity index (χ0v) is 23.3. The van der Waals surface area contributed by atoms with Crippen LogP contribution in [0.3, 0.4) is 0 Å². The van der Waals surface area contributed by atoms with Gasteiger partial charge in [0.25, 0.3) is 0 Å². The van der Waals surface area contributed by atoms with Gasteiger partial charge < -0.3 is 14.4 Å². The van der Waals surface area contributed by atoms with E-state index in [-0.39, 0.29) is 0 Å². The Hall–Kier alpha value is -4.23. The summed E-state index contributed by atoms with van der Waals surface area (Å²) in [5.41, 5.74) is 5.07. The molecule has 210 valence electrons. The van der Waals surface area contributed by atoms with Gasteiger partial charge in [0.2, 0.25) is 0 Å². The lowest BCUT2D eigenvalue weighted by Gasteiger charge is -2.25. The van der Waals surface area contributed by atoms with E-state index in [4.69, 9.17) is 26.1 Å². The van der Waals surface area contributed by atoms with Gasteiger partial charge in [-0.1, -0.05) is 42.4 Å². The highest BCUT2D eigenvalue weighted by Crippen LogP contribution is 2.35. The van der Waals surface area contributed by atoms with Gasteiger partial charge in [-0.3, -0.25) is 4.99 Å². The quantitative estimate of drug-likeness (QED) is 0.222. The van der Waals surface area contributed by atoms with Gasteiger partial charge in [-0.2, -0.15) is 13.2 Å². The second-order valence-corrected chi connectivity index (χ2v) is 10.2. The van der Waals surface area contributed by atoms with Crippen LogP contribution in [0.1, 0.15) is 27.8 Å². The van der Waals surface area contributed by atoms with Crippen molar-refractivity contribution >= 4 is 23.0 Å². The molecule has 0 amide bonds. The molecule has 0 spiro atoms. The Morgan fingerprint density at radius 1 is 0.878 bits per heavy atom. The second-order valence-electron chi connectivity index (χ2n) is 9.77. The average Bonchev–Trinajstić information content (AvgIpc) is 3.07. The second kappa shape index (κ2) is 11.7. The molecule has 4 aromatic carbocycles. The van der Waals surface area contributed by atoms with Crippen LogP contribution in [-0.2, 0) is 19.2 Å². The third kappa shape index (κ3) is 6.41. The number of ether oxygens (including phenoxy) is 2. The summed E-state index contributed by atoms with van der Waals surface area (Å²) in [7, 11) is 3.53. The predicted octanol–water partition coefficient (Wildman–Crippen LogP) is 8.36. The summed E-state index contributed by atoms with van der Waals surface area (Å²) in [6.07, 6.45) is -4.00. The first-order valence-electron chi connectivity index (χ1n) is 12.9. The van der Waals surface area contributed by atoms with Crippen molar-refractivity contribution in [2.75, 3.05) is 19.1 Å². The summed E-state index contributed by atoms with van der Waals surface area (Å²) < 4.78 is 50.5. The molecule has 1 unspecified atom stereocenters. The smallest absolute Gasteiger partial charge is 0.416 e. The van der Waals surface area contributed by atoms with Crippen molar-refractivity contribution < 1.29 is 22.6 Å². The number of methoxy groups -OCH3 is 1. The zero-order chi connectivity index (χ0) is 29.1. The summed E-state index contributed by atoms with van der Waals surface area (Å²) in [4.78, 5) is 7.07. The number of hydrogen-bond donors (Lipinski definition) is 0. The first-order chi connectivity index (χ1) is 19.6. The van der Waals surface area contributed by atoms with Crippen LogP contribution in [0.5, 0.6) is 11.5 Å². The SMILES string of the molecule is C=C1C(Cc2ccc(C(F)(F)F)cc2)N=C(c2ccc(OCc3ccc(OC)cc3)cc2)c2cc(Cl)ccc2N1C. The number of nitrogens with zero attached hydrogens (tertiary/aromatic N) is 2. The fourth-order valence-corrected chi connectivity index (χ4v) is 4.88. The molecule has 5 rings (SSSR count). The number of alkyl halides is 3. The largest absolute Gasteiger partial charge is 0.497 e. The summed E-state index contributed by atoms with van der Waals surface area (Å²) in [5.74, 6) is 1.49. The maximum atomic E-state index is 13.1. The molecule has 4 aromatic rings. The van der Waals surface area contributed by atoms with Gasteiger partial charge in [0, 0.05) is 35.3 Å². The van der Waals surface area contributed by atoms with E-state index in [1.165, 1.54) is 12.1 Å². The number of rotatable bonds is 7. The first kappa shape index (κ1) is 28.3. The summed E-state index contributed by atoms with van der Waals surface area (Å²) in [6.45, 7) is 4.70. The van der Waals surface area contributed by atoms with E-state index < -0.39 is 17.8 Å². The van der Waals surface area contributed by atoms with Crippen LogP contribution in [0.15, 0.2) is 108 Å². The molecule has 0 saturated carbocycles. The standard InChI is InChI=1S/C33H28ClF3N2O2/c1-21-30(18-22-4-10-25(11-5-22)33(35,36)37)38-32(29-19-26(34)12-17-31(29)39(21)2)24-8-15-28(16-9-24)41-20-23-6-13-27(40-3)14-7-23/h4-17,19,30H,1,18,20H2,2-3H3. The molecule has 0 radical (unpaired) electrons. The van der Waals surface area contributed by atoms with E-state index in [9.17, 15) is 13.2 Å². The molecule has 0 bridgehead atoms. The minimum atomic E-state index is -4.39. The van der Waals surface area contributed by atoms with Gasteiger partial charge in [-0.05, 0) is 77.9 Å². The van der Waals surface area contributed by atoms with Crippen molar-refractivity contribution in [3.05, 3.63) is 136 Å². The molecule has 0 fully saturated rings. The molecule has 8 heteroatoms. The fraction of sp³-hybridized carbons (Fsp3) is 0.182. The van der Waals surface area contributed by atoms with Gasteiger partial charge >= 0.3 is 6.18 Å². The van der Waals surface area contributed by atoms with Crippen LogP contribution in [-0.4, -0.2) is 25.9 Å². The third-order valence-corrected chi connectivity index (χ3v) is 7.31. The summed E-state index contributed by atoms with van der Waals surface area (Å²) in [6, 6.07) is 25.7. The van der Waals surface area contributed by atoms with E-state index in [0.29, 0.717) is 29.5 Å². The van der Waals surface area contributed by atoms with Gasteiger partial charge in [0.15, 0.2) is 0 Å². The highest BCUT2D eigenvalue weighted by Gasteiger charge is 2.31. The Kier molecular flexibility index (Phi) is 8.08. The number of benzene rings is 4. The zero-order valence-electron chi connectivity index (χ0n) is 22.6. The van der Waals surface area contributed by atoms with Crippen molar-refractivity contribution in [1.29, 1.82) is 0 Å². The average molecular weight is 577 g/mol. The molecule has 1 heterocycles. The molecule has 4 nitrogen and oxygen atoms in total. The molecular weight excluding hydrogens is 549 g/mol. The van der Waals surface area contributed by atoms with E-state index >= 15 is 0 Å². The van der Waals surface area contributed by atoms with Crippen LogP contribution >= 0.6 is 11.6 Å². The van der Waals surface area contributed by atoms with Crippen LogP contribution < -0.4 is 14.4 Å². The Morgan fingerprint density at radius 3 is 2.15 bits per heavy atom. The van der Waals surface area contributed by atoms with Gasteiger partial charge in [0.1, 0.15) is 18.1 Å². The van der Waals surface area contributed by atoms with Crippen molar-refractivity contribution in [3.8, 4) is 11.5 Å². The maximum Gasteiger partial charge on any atom is 0.416 e. The third-order valence-electron chi connectivity index (χ3n) is 7.08. The van der Waals surface area contributed by atoms with Crippen LogP contribution in [0.2, 0.25) is 5.02 Å². The van der Waals surface area contributed by atoms with E-state index in [2.05, 4.69) is 6.58 Å². The monoisotopic (exact) mass is 576 g/mol. The molecule has 1 aliphatic heterocycles. The molecule has 41 heavy (non-hydrogen) atoms. The van der Waals surface area contributed by atoms with Crippen LogP contribution in [0, 0.1) is 0 Å². The van der Waals surface area contributed by atoms with Crippen molar-refractivity contribution in [2.45, 2.75) is 25.2 Å². The lowest BCUT2D eigenvalue weighted by atomic mass is 10.00. The number of aliphatic imine (C=N–C) groups is 1. The summed E-state index contributed by atoms with van der Waals surface area (Å²) >= 11 is 6.41.